The molecule has 0 fully saturated rings. The summed E-state index contributed by atoms with van der Waals surface area (Å²) in [5.74, 6) is -2.52. The summed E-state index contributed by atoms with van der Waals surface area (Å²) in [4.78, 5) is 29.6. The molecule has 0 aliphatic carbocycles. The Labute approximate surface area is 139 Å². The van der Waals surface area contributed by atoms with Crippen LogP contribution in [0.25, 0.3) is 0 Å². The molecule has 1 heterocycles. The van der Waals surface area contributed by atoms with Crippen LogP contribution < -0.4 is 10.1 Å². The monoisotopic (exact) mass is 355 g/mol. The van der Waals surface area contributed by atoms with Crippen molar-refractivity contribution in [3.63, 3.8) is 0 Å². The van der Waals surface area contributed by atoms with Crippen molar-refractivity contribution in [1.82, 2.24) is 9.97 Å². The molecule has 0 aliphatic heterocycles. The molecular formula is C15H12F3N3O4. The average Bonchev–Trinajstić information content (AvgIpc) is 2.54. The van der Waals surface area contributed by atoms with Crippen LogP contribution in [-0.2, 0) is 17.4 Å². The van der Waals surface area contributed by atoms with Gasteiger partial charge < -0.3 is 15.2 Å². The highest BCUT2D eigenvalue weighted by molar-refractivity contribution is 5.92. The Morgan fingerprint density at radius 2 is 1.88 bits per heavy atom. The second kappa shape index (κ2) is 7.16. The number of carbonyl (C=O) groups is 2. The standard InChI is InChI=1S/C15H12F3N3O4/c1-25-10-3-2-8(11(5-10)15(16,17)18)4-12(22)21-9-6-19-13(14(23)24)20-7-9/h2-3,5-7H,4H2,1H3,(H,21,22)(H,23,24). The third kappa shape index (κ3) is 4.66. The maximum Gasteiger partial charge on any atom is 0.416 e. The summed E-state index contributed by atoms with van der Waals surface area (Å²) in [6, 6.07) is 3.29. The molecule has 0 aliphatic rings. The summed E-state index contributed by atoms with van der Waals surface area (Å²) in [7, 11) is 1.24. The molecule has 0 saturated heterocycles. The Bertz CT molecular complexity index is 792. The van der Waals surface area contributed by atoms with Gasteiger partial charge in [-0.25, -0.2) is 14.8 Å². The smallest absolute Gasteiger partial charge is 0.416 e. The van der Waals surface area contributed by atoms with Gasteiger partial charge in [0.1, 0.15) is 5.75 Å². The SMILES string of the molecule is COc1ccc(CC(=O)Nc2cnc(C(=O)O)nc2)c(C(F)(F)F)c1. The van der Waals surface area contributed by atoms with E-state index in [1.54, 1.807) is 0 Å². The molecule has 25 heavy (non-hydrogen) atoms. The molecule has 132 valence electrons. The summed E-state index contributed by atoms with van der Waals surface area (Å²) in [5.41, 5.74) is -1.13. The zero-order chi connectivity index (χ0) is 18.6. The lowest BCUT2D eigenvalue weighted by atomic mass is 10.0. The number of methoxy groups -OCH3 is 1. The number of carbonyl (C=O) groups excluding carboxylic acids is 1. The fourth-order valence-corrected chi connectivity index (χ4v) is 1.98. The van der Waals surface area contributed by atoms with E-state index in [0.29, 0.717) is 0 Å². The third-order valence-corrected chi connectivity index (χ3v) is 3.10. The van der Waals surface area contributed by atoms with Crippen LogP contribution in [0.15, 0.2) is 30.6 Å². The minimum absolute atomic E-state index is 0.0224. The van der Waals surface area contributed by atoms with Crippen LogP contribution in [0.1, 0.15) is 21.7 Å². The number of aromatic nitrogens is 2. The van der Waals surface area contributed by atoms with Crippen LogP contribution >= 0.6 is 0 Å². The van der Waals surface area contributed by atoms with E-state index in [0.717, 1.165) is 24.5 Å². The predicted molar refractivity (Wildman–Crippen MR) is 79.3 cm³/mol. The summed E-state index contributed by atoms with van der Waals surface area (Å²) < 4.78 is 44.1. The molecule has 10 heteroatoms. The van der Waals surface area contributed by atoms with Gasteiger partial charge in [-0.3, -0.25) is 4.79 Å². The predicted octanol–water partition coefficient (Wildman–Crippen LogP) is 2.38. The number of nitrogens with zero attached hydrogens (tertiary/aromatic N) is 2. The van der Waals surface area contributed by atoms with Gasteiger partial charge in [0.05, 0.1) is 37.2 Å². The van der Waals surface area contributed by atoms with Crippen molar-refractivity contribution >= 4 is 17.6 Å². The van der Waals surface area contributed by atoms with Crippen molar-refractivity contribution in [2.45, 2.75) is 12.6 Å². The molecule has 2 aromatic rings. The second-order valence-corrected chi connectivity index (χ2v) is 4.85. The number of carboxylic acid groups (broad SMARTS) is 1. The number of carboxylic acids is 1. The fraction of sp³-hybridized carbons (Fsp3) is 0.200. The highest BCUT2D eigenvalue weighted by atomic mass is 19.4. The van der Waals surface area contributed by atoms with Crippen LogP contribution in [0.2, 0.25) is 0 Å². The first-order valence-corrected chi connectivity index (χ1v) is 6.80. The maximum absolute atomic E-state index is 13.1. The van der Waals surface area contributed by atoms with Crippen molar-refractivity contribution in [1.29, 1.82) is 0 Å². The van der Waals surface area contributed by atoms with Gasteiger partial charge in [0.25, 0.3) is 0 Å². The van der Waals surface area contributed by atoms with Gasteiger partial charge in [-0.15, -0.1) is 0 Å². The minimum Gasteiger partial charge on any atom is -0.497 e. The molecule has 2 rings (SSSR count). The molecule has 0 radical (unpaired) electrons. The quantitative estimate of drug-likeness (QED) is 0.854. The van der Waals surface area contributed by atoms with Crippen LogP contribution in [0.5, 0.6) is 5.75 Å². The normalized spacial score (nSPS) is 11.0. The van der Waals surface area contributed by atoms with E-state index >= 15 is 0 Å². The van der Waals surface area contributed by atoms with E-state index in [9.17, 15) is 22.8 Å². The Kier molecular flexibility index (Phi) is 5.20. The lowest BCUT2D eigenvalue weighted by Crippen LogP contribution is -2.18. The molecule has 1 aromatic heterocycles. The molecule has 0 atom stereocenters. The van der Waals surface area contributed by atoms with Gasteiger partial charge in [0, 0.05) is 0 Å². The first-order chi connectivity index (χ1) is 11.7. The van der Waals surface area contributed by atoms with Gasteiger partial charge in [-0.05, 0) is 17.7 Å². The van der Waals surface area contributed by atoms with Crippen LogP contribution in [0, 0.1) is 0 Å². The van der Waals surface area contributed by atoms with Crippen molar-refractivity contribution in [2.75, 3.05) is 12.4 Å². The van der Waals surface area contributed by atoms with Gasteiger partial charge in [0.15, 0.2) is 0 Å². The lowest BCUT2D eigenvalue weighted by molar-refractivity contribution is -0.138. The largest absolute Gasteiger partial charge is 0.497 e. The van der Waals surface area contributed by atoms with E-state index in [1.807, 2.05) is 0 Å². The minimum atomic E-state index is -4.64. The zero-order valence-corrected chi connectivity index (χ0v) is 12.8. The van der Waals surface area contributed by atoms with E-state index < -0.39 is 35.9 Å². The van der Waals surface area contributed by atoms with Crippen molar-refractivity contribution in [3.05, 3.63) is 47.5 Å². The molecule has 0 spiro atoms. The highest BCUT2D eigenvalue weighted by Gasteiger charge is 2.34. The first-order valence-electron chi connectivity index (χ1n) is 6.80. The number of hydrogen-bond acceptors (Lipinski definition) is 5. The third-order valence-electron chi connectivity index (χ3n) is 3.10. The number of ether oxygens (including phenoxy) is 1. The summed E-state index contributed by atoms with van der Waals surface area (Å²) in [6.07, 6.45) is -3.09. The number of anilines is 1. The Balaban J connectivity index is 2.16. The summed E-state index contributed by atoms with van der Waals surface area (Å²) >= 11 is 0. The number of hydrogen-bond donors (Lipinski definition) is 2. The van der Waals surface area contributed by atoms with E-state index in [4.69, 9.17) is 9.84 Å². The van der Waals surface area contributed by atoms with E-state index in [-0.39, 0.29) is 17.0 Å². The van der Waals surface area contributed by atoms with E-state index in [2.05, 4.69) is 15.3 Å². The molecule has 1 amide bonds. The Morgan fingerprint density at radius 1 is 1.24 bits per heavy atom. The highest BCUT2D eigenvalue weighted by Crippen LogP contribution is 2.34. The van der Waals surface area contributed by atoms with Crippen LogP contribution in [0.3, 0.4) is 0 Å². The number of rotatable bonds is 5. The van der Waals surface area contributed by atoms with Crippen molar-refractivity contribution in [3.8, 4) is 5.75 Å². The van der Waals surface area contributed by atoms with Gasteiger partial charge >= 0.3 is 12.1 Å². The molecule has 1 aromatic carbocycles. The number of alkyl halides is 3. The molecule has 0 bridgehead atoms. The van der Waals surface area contributed by atoms with Crippen molar-refractivity contribution < 1.29 is 32.6 Å². The van der Waals surface area contributed by atoms with Crippen molar-refractivity contribution in [2.24, 2.45) is 0 Å². The fourth-order valence-electron chi connectivity index (χ4n) is 1.98. The van der Waals surface area contributed by atoms with Gasteiger partial charge in [-0.2, -0.15) is 13.2 Å². The lowest BCUT2D eigenvalue weighted by Gasteiger charge is -2.14. The van der Waals surface area contributed by atoms with Gasteiger partial charge in [0.2, 0.25) is 11.7 Å². The Morgan fingerprint density at radius 3 is 2.40 bits per heavy atom. The topological polar surface area (TPSA) is 101 Å². The Hall–Kier alpha value is -3.17. The zero-order valence-electron chi connectivity index (χ0n) is 12.8. The van der Waals surface area contributed by atoms with E-state index in [1.165, 1.54) is 13.2 Å². The summed E-state index contributed by atoms with van der Waals surface area (Å²) in [5, 5.41) is 11.0. The molecule has 7 nitrogen and oxygen atoms in total. The molecule has 2 N–H and O–H groups in total. The molecular weight excluding hydrogens is 343 g/mol. The number of aromatic carboxylic acids is 1. The van der Waals surface area contributed by atoms with Crippen LogP contribution in [-0.4, -0.2) is 34.1 Å². The second-order valence-electron chi connectivity index (χ2n) is 4.85. The first kappa shape index (κ1) is 18.2. The van der Waals surface area contributed by atoms with Crippen LogP contribution in [0.4, 0.5) is 18.9 Å². The average molecular weight is 355 g/mol. The van der Waals surface area contributed by atoms with Gasteiger partial charge in [-0.1, -0.05) is 6.07 Å². The summed E-state index contributed by atoms with van der Waals surface area (Å²) in [6.45, 7) is 0. The molecule has 0 saturated carbocycles. The number of nitrogens with one attached hydrogen (secondary N) is 1. The number of halogens is 3. The number of amides is 1. The number of benzene rings is 1. The molecule has 0 unspecified atom stereocenters. The maximum atomic E-state index is 13.1.